The zero-order valence-electron chi connectivity index (χ0n) is 10.1. The van der Waals surface area contributed by atoms with E-state index in [0.29, 0.717) is 6.42 Å². The molecule has 0 aliphatic carbocycles. The van der Waals surface area contributed by atoms with Crippen LogP contribution in [0.3, 0.4) is 0 Å². The number of benzene rings is 2. The van der Waals surface area contributed by atoms with Crippen LogP contribution in [0.25, 0.3) is 0 Å². The van der Waals surface area contributed by atoms with Crippen LogP contribution in [-0.4, -0.2) is 7.11 Å². The lowest BCUT2D eigenvalue weighted by atomic mass is 10.0. The summed E-state index contributed by atoms with van der Waals surface area (Å²) < 4.78 is 5.19. The van der Waals surface area contributed by atoms with Crippen molar-refractivity contribution in [1.82, 2.24) is 0 Å². The first-order valence-corrected chi connectivity index (χ1v) is 6.53. The van der Waals surface area contributed by atoms with E-state index in [1.54, 1.807) is 7.11 Å². The summed E-state index contributed by atoms with van der Waals surface area (Å²) in [5.74, 6) is 0.817. The summed E-state index contributed by atoms with van der Waals surface area (Å²) in [4.78, 5) is 0. The number of rotatable bonds is 4. The third kappa shape index (κ3) is 3.18. The molecule has 0 aromatic heterocycles. The Labute approximate surface area is 117 Å². The van der Waals surface area contributed by atoms with E-state index in [0.717, 1.165) is 21.9 Å². The summed E-state index contributed by atoms with van der Waals surface area (Å²) in [6.07, 6.45) is 0.703. The van der Waals surface area contributed by atoms with Gasteiger partial charge in [-0.25, -0.2) is 0 Å². The Bertz CT molecular complexity index is 525. The van der Waals surface area contributed by atoms with Crippen molar-refractivity contribution >= 4 is 23.2 Å². The van der Waals surface area contributed by atoms with Crippen LogP contribution in [0.15, 0.2) is 48.5 Å². The summed E-state index contributed by atoms with van der Waals surface area (Å²) in [5.41, 5.74) is 2.10. The van der Waals surface area contributed by atoms with Crippen LogP contribution in [0.2, 0.25) is 5.02 Å². The highest BCUT2D eigenvalue weighted by Gasteiger charge is 2.11. The minimum atomic E-state index is -0.111. The monoisotopic (exact) mass is 280 g/mol. The van der Waals surface area contributed by atoms with Gasteiger partial charge < -0.3 is 4.74 Å². The van der Waals surface area contributed by atoms with Crippen LogP contribution >= 0.6 is 23.2 Å². The molecule has 0 bridgehead atoms. The molecule has 0 spiro atoms. The summed E-state index contributed by atoms with van der Waals surface area (Å²) in [6, 6.07) is 15.6. The Morgan fingerprint density at radius 1 is 1.11 bits per heavy atom. The van der Waals surface area contributed by atoms with Crippen molar-refractivity contribution in [2.75, 3.05) is 7.11 Å². The minimum Gasteiger partial charge on any atom is -0.497 e. The molecule has 0 fully saturated rings. The second-order valence-electron chi connectivity index (χ2n) is 4.04. The summed E-state index contributed by atoms with van der Waals surface area (Å²) in [7, 11) is 1.65. The van der Waals surface area contributed by atoms with Gasteiger partial charge in [0.2, 0.25) is 0 Å². The van der Waals surface area contributed by atoms with Gasteiger partial charge in [-0.05, 0) is 35.7 Å². The van der Waals surface area contributed by atoms with Crippen molar-refractivity contribution in [1.29, 1.82) is 0 Å². The largest absolute Gasteiger partial charge is 0.497 e. The van der Waals surface area contributed by atoms with E-state index < -0.39 is 0 Å². The maximum Gasteiger partial charge on any atom is 0.119 e. The van der Waals surface area contributed by atoms with Crippen molar-refractivity contribution in [2.24, 2.45) is 0 Å². The fraction of sp³-hybridized carbons (Fsp3) is 0.200. The number of ether oxygens (including phenoxy) is 1. The predicted molar refractivity (Wildman–Crippen MR) is 76.7 cm³/mol. The SMILES string of the molecule is COc1cccc(C(Cl)Cc2ccccc2Cl)c1. The van der Waals surface area contributed by atoms with Crippen molar-refractivity contribution in [3.05, 3.63) is 64.7 Å². The van der Waals surface area contributed by atoms with Gasteiger partial charge in [-0.1, -0.05) is 41.9 Å². The Hall–Kier alpha value is -1.18. The van der Waals surface area contributed by atoms with E-state index >= 15 is 0 Å². The molecule has 0 amide bonds. The lowest BCUT2D eigenvalue weighted by molar-refractivity contribution is 0.414. The van der Waals surface area contributed by atoms with Gasteiger partial charge in [0.25, 0.3) is 0 Å². The minimum absolute atomic E-state index is 0.111. The van der Waals surface area contributed by atoms with Gasteiger partial charge in [0.1, 0.15) is 5.75 Å². The van der Waals surface area contributed by atoms with Crippen molar-refractivity contribution in [3.63, 3.8) is 0 Å². The molecule has 3 heteroatoms. The maximum absolute atomic E-state index is 6.43. The molecule has 1 atom stereocenters. The number of alkyl halides is 1. The Balaban J connectivity index is 2.16. The van der Waals surface area contributed by atoms with Gasteiger partial charge in [0, 0.05) is 5.02 Å². The Kier molecular flexibility index (Phi) is 4.51. The molecule has 2 rings (SSSR count). The van der Waals surface area contributed by atoms with Crippen LogP contribution in [0, 0.1) is 0 Å². The Morgan fingerprint density at radius 2 is 1.89 bits per heavy atom. The van der Waals surface area contributed by atoms with Gasteiger partial charge in [0.15, 0.2) is 0 Å². The first-order valence-electron chi connectivity index (χ1n) is 5.72. The van der Waals surface area contributed by atoms with Crippen LogP contribution in [0.1, 0.15) is 16.5 Å². The van der Waals surface area contributed by atoms with E-state index in [4.69, 9.17) is 27.9 Å². The zero-order chi connectivity index (χ0) is 13.0. The number of hydrogen-bond donors (Lipinski definition) is 0. The molecule has 1 unspecified atom stereocenters. The van der Waals surface area contributed by atoms with Gasteiger partial charge in [0.05, 0.1) is 12.5 Å². The lowest BCUT2D eigenvalue weighted by Crippen LogP contribution is -1.97. The first-order chi connectivity index (χ1) is 8.70. The fourth-order valence-electron chi connectivity index (χ4n) is 1.81. The molecular weight excluding hydrogens is 267 g/mol. The van der Waals surface area contributed by atoms with Crippen LogP contribution < -0.4 is 4.74 Å². The van der Waals surface area contributed by atoms with Gasteiger partial charge in [-0.15, -0.1) is 11.6 Å². The summed E-state index contributed by atoms with van der Waals surface area (Å²) in [5, 5.41) is 0.644. The highest BCUT2D eigenvalue weighted by molar-refractivity contribution is 6.31. The van der Waals surface area contributed by atoms with Crippen molar-refractivity contribution in [3.8, 4) is 5.75 Å². The molecule has 2 aromatic carbocycles. The molecule has 0 heterocycles. The van der Waals surface area contributed by atoms with Gasteiger partial charge in [-0.3, -0.25) is 0 Å². The van der Waals surface area contributed by atoms with Crippen LogP contribution in [0.4, 0.5) is 0 Å². The van der Waals surface area contributed by atoms with Gasteiger partial charge in [-0.2, -0.15) is 0 Å². The Morgan fingerprint density at radius 3 is 2.61 bits per heavy atom. The van der Waals surface area contributed by atoms with Crippen molar-refractivity contribution < 1.29 is 4.74 Å². The molecule has 0 saturated carbocycles. The third-order valence-corrected chi connectivity index (χ3v) is 3.59. The molecule has 2 aromatic rings. The fourth-order valence-corrected chi connectivity index (χ4v) is 2.33. The number of hydrogen-bond acceptors (Lipinski definition) is 1. The molecule has 0 aliphatic rings. The molecule has 18 heavy (non-hydrogen) atoms. The van der Waals surface area contributed by atoms with Crippen molar-refractivity contribution in [2.45, 2.75) is 11.8 Å². The van der Waals surface area contributed by atoms with E-state index in [-0.39, 0.29) is 5.38 Å². The average molecular weight is 281 g/mol. The van der Waals surface area contributed by atoms with E-state index in [1.807, 2.05) is 48.5 Å². The number of halogens is 2. The van der Waals surface area contributed by atoms with E-state index in [1.165, 1.54) is 0 Å². The molecule has 0 N–H and O–H groups in total. The summed E-state index contributed by atoms with van der Waals surface area (Å²) in [6.45, 7) is 0. The number of methoxy groups -OCH3 is 1. The van der Waals surface area contributed by atoms with Crippen LogP contribution in [-0.2, 0) is 6.42 Å². The first kappa shape index (κ1) is 13.3. The lowest BCUT2D eigenvalue weighted by Gasteiger charge is -2.12. The molecule has 94 valence electrons. The predicted octanol–water partition coefficient (Wildman–Crippen LogP) is 4.87. The average Bonchev–Trinajstić information content (AvgIpc) is 2.41. The van der Waals surface area contributed by atoms with E-state index in [9.17, 15) is 0 Å². The molecule has 0 radical (unpaired) electrons. The van der Waals surface area contributed by atoms with E-state index in [2.05, 4.69) is 0 Å². The molecular formula is C15H14Cl2O. The highest BCUT2D eigenvalue weighted by Crippen LogP contribution is 2.29. The third-order valence-electron chi connectivity index (χ3n) is 2.81. The highest BCUT2D eigenvalue weighted by atomic mass is 35.5. The maximum atomic E-state index is 6.43. The van der Waals surface area contributed by atoms with Crippen LogP contribution in [0.5, 0.6) is 5.75 Å². The normalized spacial score (nSPS) is 12.2. The smallest absolute Gasteiger partial charge is 0.119 e. The molecule has 0 aliphatic heterocycles. The zero-order valence-corrected chi connectivity index (χ0v) is 11.6. The van der Waals surface area contributed by atoms with Gasteiger partial charge >= 0.3 is 0 Å². The second kappa shape index (κ2) is 6.12. The topological polar surface area (TPSA) is 9.23 Å². The second-order valence-corrected chi connectivity index (χ2v) is 4.97. The summed E-state index contributed by atoms with van der Waals surface area (Å²) >= 11 is 12.6. The molecule has 0 saturated heterocycles. The molecule has 1 nitrogen and oxygen atoms in total. The quantitative estimate of drug-likeness (QED) is 0.726. The standard InChI is InChI=1S/C15H14Cl2O/c1-18-13-7-4-6-11(9-13)15(17)10-12-5-2-3-8-14(12)16/h2-9,15H,10H2,1H3.